The second-order valence-corrected chi connectivity index (χ2v) is 8.38. The molecule has 1 unspecified atom stereocenters. The second-order valence-electron chi connectivity index (χ2n) is 8.38. The van der Waals surface area contributed by atoms with E-state index in [2.05, 4.69) is 88.1 Å². The van der Waals surface area contributed by atoms with Crippen LogP contribution in [0.25, 0.3) is 6.08 Å². The molecule has 28 heavy (non-hydrogen) atoms. The summed E-state index contributed by atoms with van der Waals surface area (Å²) >= 11 is 0. The van der Waals surface area contributed by atoms with E-state index in [1.807, 2.05) is 30.4 Å². The Morgan fingerprint density at radius 2 is 1.79 bits per heavy atom. The van der Waals surface area contributed by atoms with Crippen molar-refractivity contribution in [3.8, 4) is 0 Å². The van der Waals surface area contributed by atoms with E-state index in [4.69, 9.17) is 5.73 Å². The Balaban J connectivity index is 2.34. The lowest BCUT2D eigenvalue weighted by atomic mass is 9.83. The van der Waals surface area contributed by atoms with E-state index in [0.717, 1.165) is 17.7 Å². The lowest BCUT2D eigenvalue weighted by Gasteiger charge is -2.22. The standard InChI is InChI=1S/C27H33N/c1-5-6-11-22(16-17-23-12-10-15-26(28)21-23)20-25(18-19-27(2,3)4)24-13-8-7-9-14-24/h5-17,20-21,25H,1,18-19,28H2,2-4H3/b11-6-,17-16+,22-20+. The molecule has 146 valence electrons. The van der Waals surface area contributed by atoms with E-state index in [0.29, 0.717) is 11.3 Å². The quantitative estimate of drug-likeness (QED) is 0.376. The molecule has 2 aromatic carbocycles. The predicted octanol–water partition coefficient (Wildman–Crippen LogP) is 7.56. The number of hydrogen-bond donors (Lipinski definition) is 1. The SMILES string of the molecule is C=C\C=C/C(/C=C/c1cccc(N)c1)=C\C(CCC(C)(C)C)c1ccccc1. The van der Waals surface area contributed by atoms with Gasteiger partial charge in [0.1, 0.15) is 0 Å². The van der Waals surface area contributed by atoms with Gasteiger partial charge in [0.05, 0.1) is 0 Å². The molecule has 2 aromatic rings. The van der Waals surface area contributed by atoms with Crippen LogP contribution in [0, 0.1) is 5.41 Å². The maximum Gasteiger partial charge on any atom is 0.0319 e. The molecule has 2 N–H and O–H groups in total. The monoisotopic (exact) mass is 371 g/mol. The maximum atomic E-state index is 5.91. The Morgan fingerprint density at radius 3 is 2.43 bits per heavy atom. The van der Waals surface area contributed by atoms with Gasteiger partial charge >= 0.3 is 0 Å². The number of nitrogen functional groups attached to an aromatic ring is 1. The highest BCUT2D eigenvalue weighted by Crippen LogP contribution is 2.31. The second kappa shape index (κ2) is 10.5. The molecule has 2 rings (SSSR count). The zero-order chi connectivity index (χ0) is 20.4. The Morgan fingerprint density at radius 1 is 1.04 bits per heavy atom. The van der Waals surface area contributed by atoms with Gasteiger partial charge in [-0.3, -0.25) is 0 Å². The summed E-state index contributed by atoms with van der Waals surface area (Å²) in [6, 6.07) is 18.7. The van der Waals surface area contributed by atoms with Gasteiger partial charge < -0.3 is 5.73 Å². The zero-order valence-corrected chi connectivity index (χ0v) is 17.4. The molecule has 0 bridgehead atoms. The molecule has 0 spiro atoms. The van der Waals surface area contributed by atoms with Crippen LogP contribution in [-0.2, 0) is 0 Å². The molecule has 0 aliphatic heterocycles. The summed E-state index contributed by atoms with van der Waals surface area (Å²) in [5.41, 5.74) is 10.6. The molecule has 0 heterocycles. The molecular formula is C27H33N. The van der Waals surface area contributed by atoms with Gasteiger partial charge in [0.2, 0.25) is 0 Å². The van der Waals surface area contributed by atoms with E-state index in [1.54, 1.807) is 0 Å². The average molecular weight is 372 g/mol. The Bertz CT molecular complexity index is 832. The van der Waals surface area contributed by atoms with Crippen LogP contribution in [0.3, 0.4) is 0 Å². The molecule has 0 saturated carbocycles. The molecule has 0 saturated heterocycles. The van der Waals surface area contributed by atoms with E-state index in [9.17, 15) is 0 Å². The van der Waals surface area contributed by atoms with Crippen LogP contribution in [0.5, 0.6) is 0 Å². The van der Waals surface area contributed by atoms with Gasteiger partial charge in [-0.15, -0.1) is 0 Å². The first-order valence-electron chi connectivity index (χ1n) is 9.97. The molecular weight excluding hydrogens is 338 g/mol. The Kier molecular flexibility index (Phi) is 8.07. The summed E-state index contributed by atoms with van der Waals surface area (Å²) in [5, 5.41) is 0. The van der Waals surface area contributed by atoms with Crippen LogP contribution in [-0.4, -0.2) is 0 Å². The number of allylic oxidation sites excluding steroid dienone is 6. The van der Waals surface area contributed by atoms with Crippen molar-refractivity contribution >= 4 is 11.8 Å². The predicted molar refractivity (Wildman–Crippen MR) is 125 cm³/mol. The lowest BCUT2D eigenvalue weighted by Crippen LogP contribution is -2.07. The van der Waals surface area contributed by atoms with Gasteiger partial charge in [-0.1, -0.05) is 106 Å². The van der Waals surface area contributed by atoms with E-state index in [1.165, 1.54) is 17.6 Å². The minimum Gasteiger partial charge on any atom is -0.399 e. The van der Waals surface area contributed by atoms with Crippen LogP contribution in [0.2, 0.25) is 0 Å². The van der Waals surface area contributed by atoms with Crippen molar-refractivity contribution in [3.05, 3.63) is 108 Å². The largest absolute Gasteiger partial charge is 0.399 e. The van der Waals surface area contributed by atoms with Crippen LogP contribution >= 0.6 is 0 Å². The summed E-state index contributed by atoms with van der Waals surface area (Å²) in [7, 11) is 0. The molecule has 0 amide bonds. The third-order valence-electron chi connectivity index (χ3n) is 4.63. The van der Waals surface area contributed by atoms with Crippen molar-refractivity contribution in [2.45, 2.75) is 39.5 Å². The Labute approximate surface area is 171 Å². The fourth-order valence-electron chi connectivity index (χ4n) is 3.07. The van der Waals surface area contributed by atoms with Gasteiger partial charge in [-0.2, -0.15) is 0 Å². The van der Waals surface area contributed by atoms with E-state index in [-0.39, 0.29) is 0 Å². The highest BCUT2D eigenvalue weighted by atomic mass is 14.5. The highest BCUT2D eigenvalue weighted by Gasteiger charge is 2.15. The van der Waals surface area contributed by atoms with Crippen LogP contribution < -0.4 is 5.73 Å². The molecule has 0 aromatic heterocycles. The van der Waals surface area contributed by atoms with Crippen molar-refractivity contribution in [3.63, 3.8) is 0 Å². The van der Waals surface area contributed by atoms with Gasteiger partial charge in [-0.05, 0) is 47.1 Å². The minimum absolute atomic E-state index is 0.315. The molecule has 0 radical (unpaired) electrons. The fraction of sp³-hybridized carbons (Fsp3) is 0.259. The normalized spacial score (nSPS) is 13.9. The number of rotatable bonds is 8. The van der Waals surface area contributed by atoms with Crippen molar-refractivity contribution in [1.82, 2.24) is 0 Å². The topological polar surface area (TPSA) is 26.0 Å². The molecule has 0 aliphatic carbocycles. The zero-order valence-electron chi connectivity index (χ0n) is 17.4. The highest BCUT2D eigenvalue weighted by molar-refractivity contribution is 5.59. The van der Waals surface area contributed by atoms with Crippen LogP contribution in [0.15, 0.2) is 97.1 Å². The lowest BCUT2D eigenvalue weighted by molar-refractivity contribution is 0.358. The molecule has 1 atom stereocenters. The maximum absolute atomic E-state index is 5.91. The molecule has 1 heteroatoms. The summed E-state index contributed by atoms with van der Waals surface area (Å²) in [4.78, 5) is 0. The van der Waals surface area contributed by atoms with Crippen LogP contribution in [0.1, 0.15) is 50.7 Å². The number of anilines is 1. The first-order valence-corrected chi connectivity index (χ1v) is 9.97. The summed E-state index contributed by atoms with van der Waals surface area (Å²) in [6.45, 7) is 10.7. The smallest absolute Gasteiger partial charge is 0.0319 e. The van der Waals surface area contributed by atoms with Crippen molar-refractivity contribution in [1.29, 1.82) is 0 Å². The molecule has 0 fully saturated rings. The Hall–Kier alpha value is -2.80. The average Bonchev–Trinajstić information content (AvgIpc) is 2.66. The van der Waals surface area contributed by atoms with Gasteiger partial charge in [0.25, 0.3) is 0 Å². The third-order valence-corrected chi connectivity index (χ3v) is 4.63. The van der Waals surface area contributed by atoms with Gasteiger partial charge in [0, 0.05) is 11.6 Å². The van der Waals surface area contributed by atoms with Crippen LogP contribution in [0.4, 0.5) is 5.69 Å². The fourth-order valence-corrected chi connectivity index (χ4v) is 3.07. The van der Waals surface area contributed by atoms with Crippen molar-refractivity contribution in [2.75, 3.05) is 5.73 Å². The first-order chi connectivity index (χ1) is 13.4. The van der Waals surface area contributed by atoms with Gasteiger partial charge in [-0.25, -0.2) is 0 Å². The first kappa shape index (κ1) is 21.5. The van der Waals surface area contributed by atoms with Crippen molar-refractivity contribution in [2.24, 2.45) is 5.41 Å². The number of benzene rings is 2. The van der Waals surface area contributed by atoms with E-state index < -0.39 is 0 Å². The van der Waals surface area contributed by atoms with Crippen molar-refractivity contribution < 1.29 is 0 Å². The minimum atomic E-state index is 0.315. The van der Waals surface area contributed by atoms with Gasteiger partial charge in [0.15, 0.2) is 0 Å². The summed E-state index contributed by atoms with van der Waals surface area (Å²) in [6.07, 6.45) is 14.8. The molecule has 0 aliphatic rings. The summed E-state index contributed by atoms with van der Waals surface area (Å²) < 4.78 is 0. The third kappa shape index (κ3) is 7.84. The number of hydrogen-bond acceptors (Lipinski definition) is 1. The number of nitrogens with two attached hydrogens (primary N) is 1. The molecule has 1 nitrogen and oxygen atoms in total. The van der Waals surface area contributed by atoms with E-state index >= 15 is 0 Å². The summed E-state index contributed by atoms with van der Waals surface area (Å²) in [5.74, 6) is 0.371.